The highest BCUT2D eigenvalue weighted by Gasteiger charge is 2.18. The van der Waals surface area contributed by atoms with Crippen molar-refractivity contribution in [2.45, 2.75) is 38.9 Å². The third-order valence-corrected chi connectivity index (χ3v) is 3.08. The van der Waals surface area contributed by atoms with Gasteiger partial charge in [-0.3, -0.25) is 9.78 Å². The van der Waals surface area contributed by atoms with Crippen molar-refractivity contribution in [1.29, 1.82) is 0 Å². The fourth-order valence-electron chi connectivity index (χ4n) is 2.10. The highest BCUT2D eigenvalue weighted by Crippen LogP contribution is 2.27. The van der Waals surface area contributed by atoms with E-state index >= 15 is 0 Å². The molecule has 1 unspecified atom stereocenters. The van der Waals surface area contributed by atoms with Gasteiger partial charge in [-0.2, -0.15) is 0 Å². The second-order valence-corrected chi connectivity index (χ2v) is 6.41. The number of benzene rings is 1. The average molecular weight is 332 g/mol. The summed E-state index contributed by atoms with van der Waals surface area (Å²) >= 11 is 0. The summed E-state index contributed by atoms with van der Waals surface area (Å²) in [4.78, 5) is 16.1. The summed E-state index contributed by atoms with van der Waals surface area (Å²) in [6.07, 6.45) is 1.75. The van der Waals surface area contributed by atoms with E-state index in [4.69, 9.17) is 4.74 Å². The number of nitrogens with zero attached hydrogens (tertiary/aromatic N) is 1. The quantitative estimate of drug-likeness (QED) is 0.879. The number of anilines is 1. The topological polar surface area (TPSA) is 71.5 Å². The van der Waals surface area contributed by atoms with Crippen molar-refractivity contribution in [2.75, 3.05) is 5.32 Å². The molecule has 1 amide bonds. The zero-order chi connectivity index (χ0) is 17.7. The number of halogens is 1. The van der Waals surface area contributed by atoms with Crippen molar-refractivity contribution < 1.29 is 19.0 Å². The van der Waals surface area contributed by atoms with Gasteiger partial charge in [0.05, 0.1) is 18.7 Å². The molecule has 24 heavy (non-hydrogen) atoms. The van der Waals surface area contributed by atoms with Crippen molar-refractivity contribution in [1.82, 2.24) is 4.98 Å². The molecule has 0 radical (unpaired) electrons. The van der Waals surface area contributed by atoms with Crippen molar-refractivity contribution in [3.05, 3.63) is 54.1 Å². The Morgan fingerprint density at radius 2 is 2.12 bits per heavy atom. The number of rotatable bonds is 5. The molecule has 0 aliphatic carbocycles. The first-order valence-corrected chi connectivity index (χ1v) is 7.61. The van der Waals surface area contributed by atoms with Crippen LogP contribution in [-0.2, 0) is 4.79 Å². The molecule has 0 bridgehead atoms. The second-order valence-electron chi connectivity index (χ2n) is 6.41. The van der Waals surface area contributed by atoms with Crippen LogP contribution < -0.4 is 10.1 Å². The largest absolute Gasteiger partial charge is 0.486 e. The second kappa shape index (κ2) is 7.40. The zero-order valence-corrected chi connectivity index (χ0v) is 13.9. The molecule has 1 heterocycles. The highest BCUT2D eigenvalue weighted by atomic mass is 19.1. The Kier molecular flexibility index (Phi) is 5.51. The van der Waals surface area contributed by atoms with E-state index < -0.39 is 23.4 Å². The lowest BCUT2D eigenvalue weighted by Crippen LogP contribution is -2.24. The highest BCUT2D eigenvalue weighted by molar-refractivity contribution is 5.92. The van der Waals surface area contributed by atoms with Crippen LogP contribution in [0.3, 0.4) is 0 Å². The molecule has 2 N–H and O–H groups in total. The van der Waals surface area contributed by atoms with Crippen LogP contribution in [0.1, 0.15) is 38.9 Å². The number of carbonyl (C=O) groups is 1. The molecule has 2 aromatic rings. The fraction of sp³-hybridized carbons (Fsp3) is 0.333. The number of amides is 1. The molecule has 1 aromatic heterocycles. The summed E-state index contributed by atoms with van der Waals surface area (Å²) in [7, 11) is 0. The maximum absolute atomic E-state index is 13.2. The maximum Gasteiger partial charge on any atom is 0.227 e. The van der Waals surface area contributed by atoms with Crippen molar-refractivity contribution in [2.24, 2.45) is 0 Å². The fourth-order valence-corrected chi connectivity index (χ4v) is 2.10. The van der Waals surface area contributed by atoms with Crippen LogP contribution in [0.15, 0.2) is 42.7 Å². The Labute approximate surface area is 140 Å². The Morgan fingerprint density at radius 1 is 1.38 bits per heavy atom. The monoisotopic (exact) mass is 332 g/mol. The average Bonchev–Trinajstić information content (AvgIpc) is 2.47. The molecule has 128 valence electrons. The van der Waals surface area contributed by atoms with Gasteiger partial charge in [0.2, 0.25) is 5.91 Å². The van der Waals surface area contributed by atoms with Crippen LogP contribution in [0.4, 0.5) is 10.1 Å². The van der Waals surface area contributed by atoms with Crippen molar-refractivity contribution in [3.8, 4) is 5.75 Å². The number of hydrogen-bond donors (Lipinski definition) is 2. The SMILES string of the molecule is CC(C)(C)Oc1ccncc1NC(=O)CC(O)c1cccc(F)c1. The number of aliphatic hydroxyl groups is 1. The first-order chi connectivity index (χ1) is 11.2. The van der Waals surface area contributed by atoms with E-state index in [1.54, 1.807) is 18.3 Å². The lowest BCUT2D eigenvalue weighted by atomic mass is 10.1. The molecule has 2 rings (SSSR count). The molecule has 1 atom stereocenters. The molecule has 0 aliphatic rings. The van der Waals surface area contributed by atoms with E-state index in [2.05, 4.69) is 10.3 Å². The summed E-state index contributed by atoms with van der Waals surface area (Å²) in [6, 6.07) is 7.20. The van der Waals surface area contributed by atoms with Gasteiger partial charge >= 0.3 is 0 Å². The van der Waals surface area contributed by atoms with Crippen LogP contribution in [0, 0.1) is 5.82 Å². The molecule has 0 aliphatic heterocycles. The predicted octanol–water partition coefficient (Wildman–Crippen LogP) is 3.46. The number of carbonyl (C=O) groups excluding carboxylic acids is 1. The van der Waals surface area contributed by atoms with Gasteiger partial charge in [0.25, 0.3) is 0 Å². The van der Waals surface area contributed by atoms with Gasteiger partial charge in [-0.15, -0.1) is 0 Å². The van der Waals surface area contributed by atoms with E-state index in [0.29, 0.717) is 17.0 Å². The Hall–Kier alpha value is -2.47. The van der Waals surface area contributed by atoms with Crippen LogP contribution >= 0.6 is 0 Å². The zero-order valence-electron chi connectivity index (χ0n) is 13.9. The number of ether oxygens (including phenoxy) is 1. The minimum absolute atomic E-state index is 0.201. The first-order valence-electron chi connectivity index (χ1n) is 7.61. The van der Waals surface area contributed by atoms with E-state index in [0.717, 1.165) is 0 Å². The van der Waals surface area contributed by atoms with E-state index in [9.17, 15) is 14.3 Å². The van der Waals surface area contributed by atoms with Gasteiger partial charge in [0.15, 0.2) is 0 Å². The van der Waals surface area contributed by atoms with Gasteiger partial charge < -0.3 is 15.2 Å². The van der Waals surface area contributed by atoms with E-state index in [1.165, 1.54) is 24.4 Å². The summed E-state index contributed by atoms with van der Waals surface area (Å²) in [5, 5.41) is 12.7. The summed E-state index contributed by atoms with van der Waals surface area (Å²) in [5.41, 5.74) is 0.341. The van der Waals surface area contributed by atoms with Crippen molar-refractivity contribution >= 4 is 11.6 Å². The number of nitrogens with one attached hydrogen (secondary N) is 1. The summed E-state index contributed by atoms with van der Waals surface area (Å²) in [5.74, 6) is -0.385. The molecule has 5 nitrogen and oxygen atoms in total. The van der Waals surface area contributed by atoms with Crippen molar-refractivity contribution in [3.63, 3.8) is 0 Å². The number of pyridine rings is 1. The lowest BCUT2D eigenvalue weighted by molar-refractivity contribution is -0.118. The molecular weight excluding hydrogens is 311 g/mol. The first kappa shape index (κ1) is 17.9. The summed E-state index contributed by atoms with van der Waals surface area (Å²) < 4.78 is 19.0. The molecule has 1 aromatic carbocycles. The van der Waals surface area contributed by atoms with Gasteiger partial charge in [-0.05, 0) is 38.5 Å². The van der Waals surface area contributed by atoms with Crippen LogP contribution in [0.5, 0.6) is 5.75 Å². The molecule has 0 spiro atoms. The van der Waals surface area contributed by atoms with Gasteiger partial charge in [0, 0.05) is 12.3 Å². The smallest absolute Gasteiger partial charge is 0.227 e. The predicted molar refractivity (Wildman–Crippen MR) is 89.2 cm³/mol. The molecule has 6 heteroatoms. The molecular formula is C18H21FN2O3. The summed E-state index contributed by atoms with van der Waals surface area (Å²) in [6.45, 7) is 5.69. The minimum atomic E-state index is -1.09. The van der Waals surface area contributed by atoms with Crippen LogP contribution in [0.2, 0.25) is 0 Å². The minimum Gasteiger partial charge on any atom is -0.486 e. The van der Waals surface area contributed by atoms with Crippen LogP contribution in [-0.4, -0.2) is 21.6 Å². The molecule has 0 saturated heterocycles. The van der Waals surface area contributed by atoms with Gasteiger partial charge in [0.1, 0.15) is 22.9 Å². The molecule has 0 saturated carbocycles. The third-order valence-electron chi connectivity index (χ3n) is 3.08. The Bertz CT molecular complexity index is 713. The maximum atomic E-state index is 13.2. The third kappa shape index (κ3) is 5.31. The van der Waals surface area contributed by atoms with Crippen LogP contribution in [0.25, 0.3) is 0 Å². The van der Waals surface area contributed by atoms with E-state index in [-0.39, 0.29) is 6.42 Å². The Balaban J connectivity index is 2.05. The standard InChI is InChI=1S/C18H21FN2O3/c1-18(2,3)24-16-7-8-20-11-14(16)21-17(23)10-15(22)12-5-4-6-13(19)9-12/h4-9,11,15,22H,10H2,1-3H3,(H,21,23). The van der Waals surface area contributed by atoms with Gasteiger partial charge in [-0.25, -0.2) is 4.39 Å². The molecule has 0 fully saturated rings. The van der Waals surface area contributed by atoms with E-state index in [1.807, 2.05) is 20.8 Å². The normalized spacial score (nSPS) is 12.5. The lowest BCUT2D eigenvalue weighted by Gasteiger charge is -2.23. The van der Waals surface area contributed by atoms with Gasteiger partial charge in [-0.1, -0.05) is 12.1 Å². The number of aliphatic hydroxyl groups excluding tert-OH is 1. The Morgan fingerprint density at radius 3 is 2.79 bits per heavy atom. The number of hydrogen-bond acceptors (Lipinski definition) is 4. The number of aromatic nitrogens is 1.